The maximum absolute atomic E-state index is 12.6. The van der Waals surface area contributed by atoms with Gasteiger partial charge in [-0.1, -0.05) is 29.8 Å². The Balaban J connectivity index is 2.43. The van der Waals surface area contributed by atoms with E-state index in [1.165, 1.54) is 0 Å². The van der Waals surface area contributed by atoms with Crippen molar-refractivity contribution in [2.24, 2.45) is 5.73 Å². The first kappa shape index (κ1) is 15.3. The van der Waals surface area contributed by atoms with Gasteiger partial charge < -0.3 is 5.73 Å². The van der Waals surface area contributed by atoms with Crippen LogP contribution in [0.2, 0.25) is 5.02 Å². The van der Waals surface area contributed by atoms with E-state index in [4.69, 9.17) is 17.3 Å². The summed E-state index contributed by atoms with van der Waals surface area (Å²) in [5.74, 6) is -0.463. The molecule has 0 aromatic heterocycles. The van der Waals surface area contributed by atoms with Gasteiger partial charge >= 0.3 is 0 Å². The maximum atomic E-state index is 12.6. The number of hydrogen-bond acceptors (Lipinski definition) is 2. The molecule has 108 valence electrons. The summed E-state index contributed by atoms with van der Waals surface area (Å²) in [6.45, 7) is 3.72. The molecule has 0 aliphatic carbocycles. The van der Waals surface area contributed by atoms with E-state index in [-0.39, 0.29) is 18.1 Å². The SMILES string of the molecule is Cc1cc(C(=O)c2cccc(Cl)c2)c(C)cc1CC(N)=O. The van der Waals surface area contributed by atoms with Crippen LogP contribution in [-0.2, 0) is 11.2 Å². The number of amides is 1. The van der Waals surface area contributed by atoms with Crippen molar-refractivity contribution in [1.82, 2.24) is 0 Å². The summed E-state index contributed by atoms with van der Waals surface area (Å²) in [7, 11) is 0. The van der Waals surface area contributed by atoms with Crippen molar-refractivity contribution in [3.8, 4) is 0 Å². The Hall–Kier alpha value is -2.13. The standard InChI is InChI=1S/C17H16ClNO2/c1-10-7-15(11(2)6-13(10)9-16(19)20)17(21)12-4-3-5-14(18)8-12/h3-8H,9H2,1-2H3,(H2,19,20). The number of nitrogens with two attached hydrogens (primary N) is 1. The third-order valence-electron chi connectivity index (χ3n) is 3.38. The van der Waals surface area contributed by atoms with Gasteiger partial charge in [-0.15, -0.1) is 0 Å². The highest BCUT2D eigenvalue weighted by Gasteiger charge is 2.14. The van der Waals surface area contributed by atoms with Crippen molar-refractivity contribution in [3.63, 3.8) is 0 Å². The zero-order valence-electron chi connectivity index (χ0n) is 11.9. The second-order valence-corrected chi connectivity index (χ2v) is 5.51. The first-order valence-electron chi connectivity index (χ1n) is 6.57. The molecule has 0 spiro atoms. The highest BCUT2D eigenvalue weighted by molar-refractivity contribution is 6.31. The summed E-state index contributed by atoms with van der Waals surface area (Å²) in [5, 5.41) is 0.528. The van der Waals surface area contributed by atoms with Gasteiger partial charge in [0.25, 0.3) is 0 Å². The lowest BCUT2D eigenvalue weighted by atomic mass is 9.93. The summed E-state index contributed by atoms with van der Waals surface area (Å²) in [6.07, 6.45) is 0.179. The van der Waals surface area contributed by atoms with Crippen LogP contribution >= 0.6 is 11.6 Å². The molecule has 21 heavy (non-hydrogen) atoms. The molecule has 0 aliphatic rings. The monoisotopic (exact) mass is 301 g/mol. The van der Waals surface area contributed by atoms with Crippen LogP contribution in [-0.4, -0.2) is 11.7 Å². The number of aryl methyl sites for hydroxylation is 2. The van der Waals surface area contributed by atoms with Crippen molar-refractivity contribution < 1.29 is 9.59 Å². The topological polar surface area (TPSA) is 60.2 Å². The number of halogens is 1. The minimum Gasteiger partial charge on any atom is -0.369 e. The van der Waals surface area contributed by atoms with Gasteiger partial charge in [-0.05, 0) is 48.7 Å². The van der Waals surface area contributed by atoms with Crippen LogP contribution in [0.5, 0.6) is 0 Å². The first-order chi connectivity index (χ1) is 9.88. The van der Waals surface area contributed by atoms with Gasteiger partial charge in [-0.25, -0.2) is 0 Å². The maximum Gasteiger partial charge on any atom is 0.221 e. The van der Waals surface area contributed by atoms with Crippen LogP contribution < -0.4 is 5.73 Å². The van der Waals surface area contributed by atoms with Crippen LogP contribution in [0.1, 0.15) is 32.6 Å². The molecular weight excluding hydrogens is 286 g/mol. The molecule has 1 amide bonds. The van der Waals surface area contributed by atoms with Gasteiger partial charge in [-0.3, -0.25) is 9.59 Å². The van der Waals surface area contributed by atoms with Crippen molar-refractivity contribution in [2.75, 3.05) is 0 Å². The molecule has 0 fully saturated rings. The Morgan fingerprint density at radius 1 is 1.10 bits per heavy atom. The van der Waals surface area contributed by atoms with Crippen LogP contribution in [0, 0.1) is 13.8 Å². The summed E-state index contributed by atoms with van der Waals surface area (Å²) < 4.78 is 0. The highest BCUT2D eigenvalue weighted by Crippen LogP contribution is 2.21. The van der Waals surface area contributed by atoms with Crippen LogP contribution in [0.4, 0.5) is 0 Å². The molecule has 2 rings (SSSR count). The number of carbonyl (C=O) groups is 2. The van der Waals surface area contributed by atoms with E-state index in [0.29, 0.717) is 16.1 Å². The Morgan fingerprint density at radius 3 is 2.43 bits per heavy atom. The third-order valence-corrected chi connectivity index (χ3v) is 3.61. The zero-order valence-corrected chi connectivity index (χ0v) is 12.7. The fourth-order valence-electron chi connectivity index (χ4n) is 2.28. The van der Waals surface area contributed by atoms with Crippen LogP contribution in [0.25, 0.3) is 0 Å². The average Bonchev–Trinajstić information content (AvgIpc) is 2.41. The molecule has 4 heteroatoms. The minimum atomic E-state index is -0.383. The molecule has 2 aromatic carbocycles. The number of primary amides is 1. The number of ketones is 1. The molecule has 0 saturated heterocycles. The van der Waals surface area contributed by atoms with Gasteiger partial charge in [0.1, 0.15) is 0 Å². The van der Waals surface area contributed by atoms with E-state index < -0.39 is 0 Å². The van der Waals surface area contributed by atoms with Gasteiger partial charge in [0.2, 0.25) is 5.91 Å². The van der Waals surface area contributed by atoms with Crippen LogP contribution in [0.15, 0.2) is 36.4 Å². The lowest BCUT2D eigenvalue weighted by Gasteiger charge is -2.11. The highest BCUT2D eigenvalue weighted by atomic mass is 35.5. The molecule has 0 aliphatic heterocycles. The predicted molar refractivity (Wildman–Crippen MR) is 83.7 cm³/mol. The number of carbonyl (C=O) groups excluding carboxylic acids is 2. The molecular formula is C17H16ClNO2. The van der Waals surface area contributed by atoms with E-state index in [0.717, 1.165) is 16.7 Å². The molecule has 0 radical (unpaired) electrons. The molecule has 2 N–H and O–H groups in total. The second kappa shape index (κ2) is 6.10. The summed E-state index contributed by atoms with van der Waals surface area (Å²) in [5.41, 5.74) is 8.94. The van der Waals surface area contributed by atoms with E-state index in [1.54, 1.807) is 30.3 Å². The first-order valence-corrected chi connectivity index (χ1v) is 6.95. The molecule has 0 atom stereocenters. The zero-order chi connectivity index (χ0) is 15.6. The van der Waals surface area contributed by atoms with Crippen molar-refractivity contribution in [2.45, 2.75) is 20.3 Å². The lowest BCUT2D eigenvalue weighted by molar-refractivity contribution is -0.117. The van der Waals surface area contributed by atoms with Gasteiger partial charge in [0.05, 0.1) is 6.42 Å². The molecule has 0 bridgehead atoms. The fraction of sp³-hybridized carbons (Fsp3) is 0.176. The van der Waals surface area contributed by atoms with E-state index in [2.05, 4.69) is 0 Å². The molecule has 2 aromatic rings. The Labute approximate surface area is 128 Å². The van der Waals surface area contributed by atoms with E-state index in [1.807, 2.05) is 19.9 Å². The lowest BCUT2D eigenvalue weighted by Crippen LogP contribution is -2.15. The molecule has 3 nitrogen and oxygen atoms in total. The van der Waals surface area contributed by atoms with Gasteiger partial charge in [0.15, 0.2) is 5.78 Å². The second-order valence-electron chi connectivity index (χ2n) is 5.08. The van der Waals surface area contributed by atoms with Crippen molar-refractivity contribution in [1.29, 1.82) is 0 Å². The summed E-state index contributed by atoms with van der Waals surface area (Å²) in [6, 6.07) is 10.5. The normalized spacial score (nSPS) is 10.4. The van der Waals surface area contributed by atoms with Crippen LogP contribution in [0.3, 0.4) is 0 Å². The van der Waals surface area contributed by atoms with Crippen molar-refractivity contribution in [3.05, 3.63) is 69.2 Å². The molecule has 0 heterocycles. The Morgan fingerprint density at radius 2 is 1.81 bits per heavy atom. The molecule has 0 unspecified atom stereocenters. The molecule has 0 saturated carbocycles. The van der Waals surface area contributed by atoms with Gasteiger partial charge in [-0.2, -0.15) is 0 Å². The minimum absolute atomic E-state index is 0.0799. The summed E-state index contributed by atoms with van der Waals surface area (Å²) in [4.78, 5) is 23.6. The Kier molecular flexibility index (Phi) is 4.43. The van der Waals surface area contributed by atoms with Crippen molar-refractivity contribution >= 4 is 23.3 Å². The summed E-state index contributed by atoms with van der Waals surface area (Å²) >= 11 is 5.93. The predicted octanol–water partition coefficient (Wildman–Crippen LogP) is 3.22. The number of rotatable bonds is 4. The number of hydrogen-bond donors (Lipinski definition) is 1. The average molecular weight is 302 g/mol. The fourth-order valence-corrected chi connectivity index (χ4v) is 2.47. The van der Waals surface area contributed by atoms with E-state index >= 15 is 0 Å². The number of benzene rings is 2. The Bertz CT molecular complexity index is 723. The largest absolute Gasteiger partial charge is 0.369 e. The quantitative estimate of drug-likeness (QED) is 0.881. The third kappa shape index (κ3) is 3.50. The smallest absolute Gasteiger partial charge is 0.221 e. The van der Waals surface area contributed by atoms with Gasteiger partial charge in [0, 0.05) is 16.1 Å². The van der Waals surface area contributed by atoms with E-state index in [9.17, 15) is 9.59 Å².